The lowest BCUT2D eigenvalue weighted by Gasteiger charge is -2.10. The molecule has 2 aromatic rings. The van der Waals surface area contributed by atoms with Gasteiger partial charge in [0.2, 0.25) is 17.7 Å². The predicted octanol–water partition coefficient (Wildman–Crippen LogP) is 0.619. The number of hydrogen-bond donors (Lipinski definition) is 2. The predicted molar refractivity (Wildman–Crippen MR) is 76.4 cm³/mol. The highest BCUT2D eigenvalue weighted by Gasteiger charge is 2.18. The van der Waals surface area contributed by atoms with Crippen LogP contribution in [0.25, 0.3) is 11.5 Å². The molecule has 8 nitrogen and oxygen atoms in total. The van der Waals surface area contributed by atoms with Crippen LogP contribution >= 0.6 is 0 Å². The Morgan fingerprint density at radius 1 is 1.23 bits per heavy atom. The second-order valence-electron chi connectivity index (χ2n) is 4.64. The highest BCUT2D eigenvalue weighted by atomic mass is 16.4. The van der Waals surface area contributed by atoms with Crippen LogP contribution in [0.5, 0.6) is 0 Å². The zero-order valence-corrected chi connectivity index (χ0v) is 11.6. The number of nitrogens with zero attached hydrogens (tertiary/aromatic N) is 3. The Morgan fingerprint density at radius 3 is 2.77 bits per heavy atom. The van der Waals surface area contributed by atoms with Crippen molar-refractivity contribution in [2.75, 3.05) is 0 Å². The molecule has 0 bridgehead atoms. The number of amides is 2. The summed E-state index contributed by atoms with van der Waals surface area (Å²) in [6, 6.07) is 9.35. The number of rotatable bonds is 4. The van der Waals surface area contributed by atoms with Gasteiger partial charge in [-0.2, -0.15) is 5.10 Å². The van der Waals surface area contributed by atoms with Crippen molar-refractivity contribution in [1.29, 1.82) is 0 Å². The van der Waals surface area contributed by atoms with Crippen LogP contribution in [-0.4, -0.2) is 27.7 Å². The van der Waals surface area contributed by atoms with Crippen molar-refractivity contribution in [2.45, 2.75) is 19.4 Å². The van der Waals surface area contributed by atoms with E-state index in [0.29, 0.717) is 18.2 Å². The second kappa shape index (κ2) is 6.17. The van der Waals surface area contributed by atoms with Crippen molar-refractivity contribution >= 4 is 17.5 Å². The maximum absolute atomic E-state index is 11.9. The van der Waals surface area contributed by atoms with Crippen LogP contribution in [0.3, 0.4) is 0 Å². The Bertz CT molecular complexity index is 723. The second-order valence-corrected chi connectivity index (χ2v) is 4.64. The number of aromatic nitrogens is 2. The third-order valence-electron chi connectivity index (χ3n) is 3.05. The molecule has 0 saturated carbocycles. The lowest BCUT2D eigenvalue weighted by Crippen LogP contribution is -2.36. The average Bonchev–Trinajstić information content (AvgIpc) is 3.03. The Labute approximate surface area is 125 Å². The maximum Gasteiger partial charge on any atom is 0.267 e. The molecule has 0 spiro atoms. The minimum atomic E-state index is -0.362. The fourth-order valence-corrected chi connectivity index (χ4v) is 1.92. The van der Waals surface area contributed by atoms with E-state index in [0.717, 1.165) is 5.56 Å². The number of hydrazone groups is 1. The minimum absolute atomic E-state index is 0.103. The average molecular weight is 299 g/mol. The van der Waals surface area contributed by atoms with Gasteiger partial charge < -0.3 is 9.73 Å². The molecule has 2 heterocycles. The summed E-state index contributed by atoms with van der Waals surface area (Å²) in [4.78, 5) is 22.8. The summed E-state index contributed by atoms with van der Waals surface area (Å²) in [5, 5.41) is 14.2. The smallest absolute Gasteiger partial charge is 0.267 e. The van der Waals surface area contributed by atoms with Crippen molar-refractivity contribution < 1.29 is 14.0 Å². The van der Waals surface area contributed by atoms with Crippen LogP contribution in [0.15, 0.2) is 39.9 Å². The molecule has 1 aromatic heterocycles. The number of hydrogen-bond acceptors (Lipinski definition) is 6. The first kappa shape index (κ1) is 13.9. The molecule has 1 aromatic carbocycles. The SMILES string of the molecule is O=C1CCC(C(=O)NCc2nnc(-c3ccccc3)o2)=NN1. The molecule has 2 amide bonds. The van der Waals surface area contributed by atoms with Gasteiger partial charge in [0.1, 0.15) is 5.71 Å². The summed E-state index contributed by atoms with van der Waals surface area (Å²) < 4.78 is 5.48. The van der Waals surface area contributed by atoms with Crippen molar-refractivity contribution in [1.82, 2.24) is 20.9 Å². The fourth-order valence-electron chi connectivity index (χ4n) is 1.92. The van der Waals surface area contributed by atoms with Crippen molar-refractivity contribution in [2.24, 2.45) is 5.10 Å². The van der Waals surface area contributed by atoms with Gasteiger partial charge in [0.05, 0.1) is 6.54 Å². The van der Waals surface area contributed by atoms with Gasteiger partial charge in [0, 0.05) is 18.4 Å². The van der Waals surface area contributed by atoms with Crippen LogP contribution in [0.2, 0.25) is 0 Å². The molecule has 2 N–H and O–H groups in total. The van der Waals surface area contributed by atoms with E-state index in [1.54, 1.807) is 0 Å². The Hall–Kier alpha value is -3.03. The first-order chi connectivity index (χ1) is 10.7. The summed E-state index contributed by atoms with van der Waals surface area (Å²) >= 11 is 0. The third-order valence-corrected chi connectivity index (χ3v) is 3.05. The number of carbonyl (C=O) groups excluding carboxylic acids is 2. The fraction of sp³-hybridized carbons (Fsp3) is 0.214. The van der Waals surface area contributed by atoms with E-state index >= 15 is 0 Å². The molecule has 0 aliphatic carbocycles. The van der Waals surface area contributed by atoms with Crippen LogP contribution in [0, 0.1) is 0 Å². The standard InChI is InChI=1S/C14H13N5O3/c20-11-7-6-10(16-17-11)13(21)15-8-12-18-19-14(22-12)9-4-2-1-3-5-9/h1-5H,6-8H2,(H,15,21)(H,17,20). The topological polar surface area (TPSA) is 109 Å². The molecule has 22 heavy (non-hydrogen) atoms. The van der Waals surface area contributed by atoms with E-state index in [-0.39, 0.29) is 30.5 Å². The van der Waals surface area contributed by atoms with Crippen LogP contribution in [-0.2, 0) is 16.1 Å². The Morgan fingerprint density at radius 2 is 2.05 bits per heavy atom. The van der Waals surface area contributed by atoms with E-state index in [4.69, 9.17) is 4.42 Å². The zero-order valence-electron chi connectivity index (χ0n) is 11.6. The molecule has 1 aliphatic rings. The largest absolute Gasteiger partial charge is 0.419 e. The van der Waals surface area contributed by atoms with Crippen molar-refractivity contribution in [3.8, 4) is 11.5 Å². The number of nitrogens with one attached hydrogen (secondary N) is 2. The molecule has 112 valence electrons. The van der Waals surface area contributed by atoms with Crippen molar-refractivity contribution in [3.63, 3.8) is 0 Å². The quantitative estimate of drug-likeness (QED) is 0.860. The molecule has 0 unspecified atom stereocenters. The monoisotopic (exact) mass is 299 g/mol. The molecule has 0 saturated heterocycles. The summed E-state index contributed by atoms with van der Waals surface area (Å²) in [6.07, 6.45) is 0.571. The molecule has 3 rings (SSSR count). The summed E-state index contributed by atoms with van der Waals surface area (Å²) in [5.74, 6) is 0.139. The van der Waals surface area contributed by atoms with E-state index in [1.807, 2.05) is 30.3 Å². The van der Waals surface area contributed by atoms with Gasteiger partial charge in [-0.3, -0.25) is 9.59 Å². The van der Waals surface area contributed by atoms with Gasteiger partial charge in [-0.25, -0.2) is 5.43 Å². The number of benzene rings is 1. The summed E-state index contributed by atoms with van der Waals surface area (Å²) in [5.41, 5.74) is 3.37. The van der Waals surface area contributed by atoms with E-state index in [9.17, 15) is 9.59 Å². The molecular weight excluding hydrogens is 286 g/mol. The lowest BCUT2D eigenvalue weighted by molar-refractivity contribution is -0.121. The van der Waals surface area contributed by atoms with Gasteiger partial charge in [0.25, 0.3) is 5.91 Å². The zero-order chi connectivity index (χ0) is 15.4. The molecule has 8 heteroatoms. The van der Waals surface area contributed by atoms with Gasteiger partial charge in [-0.15, -0.1) is 10.2 Å². The molecule has 1 aliphatic heterocycles. The molecule has 0 atom stereocenters. The van der Waals surface area contributed by atoms with Gasteiger partial charge >= 0.3 is 0 Å². The summed E-state index contributed by atoms with van der Waals surface area (Å²) in [6.45, 7) is 0.103. The highest BCUT2D eigenvalue weighted by molar-refractivity contribution is 6.39. The van der Waals surface area contributed by atoms with Gasteiger partial charge in [-0.05, 0) is 12.1 Å². The highest BCUT2D eigenvalue weighted by Crippen LogP contribution is 2.16. The van der Waals surface area contributed by atoms with E-state index in [1.165, 1.54) is 0 Å². The van der Waals surface area contributed by atoms with Crippen LogP contribution in [0.4, 0.5) is 0 Å². The lowest BCUT2D eigenvalue weighted by atomic mass is 10.1. The van der Waals surface area contributed by atoms with Gasteiger partial charge in [-0.1, -0.05) is 18.2 Å². The Kier molecular flexibility index (Phi) is 3.90. The third kappa shape index (κ3) is 3.17. The molecular formula is C14H13N5O3. The van der Waals surface area contributed by atoms with E-state index < -0.39 is 0 Å². The normalized spacial score (nSPS) is 14.2. The summed E-state index contributed by atoms with van der Waals surface area (Å²) in [7, 11) is 0. The first-order valence-electron chi connectivity index (χ1n) is 6.74. The molecule has 0 fully saturated rings. The van der Waals surface area contributed by atoms with Crippen LogP contribution in [0.1, 0.15) is 18.7 Å². The number of carbonyl (C=O) groups is 2. The Balaban J connectivity index is 1.59. The molecule has 0 radical (unpaired) electrons. The van der Waals surface area contributed by atoms with Crippen LogP contribution < -0.4 is 10.7 Å². The van der Waals surface area contributed by atoms with E-state index in [2.05, 4.69) is 26.0 Å². The minimum Gasteiger partial charge on any atom is -0.419 e. The first-order valence-corrected chi connectivity index (χ1v) is 6.74. The maximum atomic E-state index is 11.9. The van der Waals surface area contributed by atoms with Gasteiger partial charge in [0.15, 0.2) is 0 Å². The van der Waals surface area contributed by atoms with Crippen molar-refractivity contribution in [3.05, 3.63) is 36.2 Å².